The minimum Gasteiger partial charge on any atom is -0.326 e. The van der Waals surface area contributed by atoms with E-state index in [1.165, 1.54) is 16.9 Å². The fourth-order valence-electron chi connectivity index (χ4n) is 1.13. The van der Waals surface area contributed by atoms with Crippen LogP contribution >= 0.6 is 11.8 Å². The van der Waals surface area contributed by atoms with Gasteiger partial charge < -0.3 is 5.73 Å². The summed E-state index contributed by atoms with van der Waals surface area (Å²) in [6, 6.07) is 8.51. The number of nitrogens with two attached hydrogens (primary N) is 1. The molecule has 0 amide bonds. The maximum Gasteiger partial charge on any atom is 0.0178 e. The van der Waals surface area contributed by atoms with Crippen LogP contribution in [0.15, 0.2) is 24.3 Å². The third kappa shape index (κ3) is 2.88. The Morgan fingerprint density at radius 1 is 1.33 bits per heavy atom. The molecule has 0 aromatic heterocycles. The molecule has 2 N–H and O–H groups in total. The minimum absolute atomic E-state index is 0.646. The van der Waals surface area contributed by atoms with Gasteiger partial charge in [-0.05, 0) is 29.6 Å². The van der Waals surface area contributed by atoms with Gasteiger partial charge in [-0.25, -0.2) is 0 Å². The van der Waals surface area contributed by atoms with Crippen molar-refractivity contribution in [1.82, 2.24) is 0 Å². The third-order valence-corrected chi connectivity index (χ3v) is 2.43. The summed E-state index contributed by atoms with van der Waals surface area (Å²) in [4.78, 5) is 0. The summed E-state index contributed by atoms with van der Waals surface area (Å²) < 4.78 is 0. The molecule has 1 rings (SSSR count). The molecule has 12 heavy (non-hydrogen) atoms. The smallest absolute Gasteiger partial charge is 0.0178 e. The van der Waals surface area contributed by atoms with Crippen LogP contribution in [0.4, 0.5) is 0 Å². The zero-order valence-corrected chi connectivity index (χ0v) is 8.23. The van der Waals surface area contributed by atoms with Gasteiger partial charge >= 0.3 is 0 Å². The van der Waals surface area contributed by atoms with Crippen molar-refractivity contribution in [2.24, 2.45) is 5.73 Å². The van der Waals surface area contributed by atoms with Crippen molar-refractivity contribution < 1.29 is 0 Å². The van der Waals surface area contributed by atoms with Gasteiger partial charge in [0.2, 0.25) is 0 Å². The average molecular weight is 181 g/mol. The molecular formula is C10H15NS. The lowest BCUT2D eigenvalue weighted by molar-refractivity contribution is 1.05. The zero-order valence-electron chi connectivity index (χ0n) is 7.42. The molecule has 0 saturated heterocycles. The second kappa shape index (κ2) is 5.22. The van der Waals surface area contributed by atoms with Crippen molar-refractivity contribution in [2.75, 3.05) is 12.0 Å². The number of benzene rings is 1. The summed E-state index contributed by atoms with van der Waals surface area (Å²) in [5.41, 5.74) is 8.17. The number of rotatable bonds is 4. The highest BCUT2D eigenvalue weighted by Crippen LogP contribution is 2.07. The molecule has 0 aliphatic heterocycles. The van der Waals surface area contributed by atoms with Crippen LogP contribution in [0.1, 0.15) is 11.1 Å². The largest absolute Gasteiger partial charge is 0.326 e. The fraction of sp³-hybridized carbons (Fsp3) is 0.400. The Morgan fingerprint density at radius 2 is 2.08 bits per heavy atom. The van der Waals surface area contributed by atoms with Gasteiger partial charge in [-0.2, -0.15) is 11.8 Å². The summed E-state index contributed by atoms with van der Waals surface area (Å²) in [6.45, 7) is 0.646. The summed E-state index contributed by atoms with van der Waals surface area (Å²) in [5.74, 6) is 1.19. The maximum absolute atomic E-state index is 5.54. The van der Waals surface area contributed by atoms with E-state index in [0.29, 0.717) is 6.54 Å². The first-order valence-electron chi connectivity index (χ1n) is 4.13. The summed E-state index contributed by atoms with van der Waals surface area (Å²) in [7, 11) is 0. The Morgan fingerprint density at radius 3 is 2.75 bits per heavy atom. The molecule has 2 heteroatoms. The van der Waals surface area contributed by atoms with E-state index in [-0.39, 0.29) is 0 Å². The maximum atomic E-state index is 5.54. The predicted octanol–water partition coefficient (Wildman–Crippen LogP) is 2.05. The van der Waals surface area contributed by atoms with Crippen LogP contribution in [-0.4, -0.2) is 12.0 Å². The topological polar surface area (TPSA) is 26.0 Å². The van der Waals surface area contributed by atoms with Gasteiger partial charge in [-0.15, -0.1) is 0 Å². The minimum atomic E-state index is 0.646. The van der Waals surface area contributed by atoms with Gasteiger partial charge in [-0.3, -0.25) is 0 Å². The first kappa shape index (κ1) is 9.62. The molecule has 0 spiro atoms. The molecule has 1 aromatic rings. The van der Waals surface area contributed by atoms with E-state index in [2.05, 4.69) is 30.5 Å². The molecular weight excluding hydrogens is 166 g/mol. The van der Waals surface area contributed by atoms with E-state index in [1.54, 1.807) is 0 Å². The standard InChI is InChI=1S/C10H15NS/c1-12-6-5-9-3-2-4-10(7-9)8-11/h2-4,7H,5-6,8,11H2,1H3. The van der Waals surface area contributed by atoms with E-state index < -0.39 is 0 Å². The van der Waals surface area contributed by atoms with Crippen LogP contribution in [-0.2, 0) is 13.0 Å². The van der Waals surface area contributed by atoms with Gasteiger partial charge in [0.05, 0.1) is 0 Å². The van der Waals surface area contributed by atoms with Crippen LogP contribution in [0, 0.1) is 0 Å². The monoisotopic (exact) mass is 181 g/mol. The molecule has 0 atom stereocenters. The highest BCUT2D eigenvalue weighted by Gasteiger charge is 1.93. The van der Waals surface area contributed by atoms with Crippen molar-refractivity contribution in [3.63, 3.8) is 0 Å². The summed E-state index contributed by atoms with van der Waals surface area (Å²) in [6.07, 6.45) is 3.28. The molecule has 0 saturated carbocycles. The van der Waals surface area contributed by atoms with Crippen molar-refractivity contribution in [1.29, 1.82) is 0 Å². The second-order valence-corrected chi connectivity index (χ2v) is 3.75. The lowest BCUT2D eigenvalue weighted by atomic mass is 10.1. The third-order valence-electron chi connectivity index (χ3n) is 1.82. The first-order chi connectivity index (χ1) is 5.86. The molecule has 0 radical (unpaired) electrons. The van der Waals surface area contributed by atoms with E-state index in [4.69, 9.17) is 5.73 Å². The van der Waals surface area contributed by atoms with Crippen LogP contribution in [0.25, 0.3) is 0 Å². The number of thioether (sulfide) groups is 1. The number of aryl methyl sites for hydroxylation is 1. The Hall–Kier alpha value is -0.470. The van der Waals surface area contributed by atoms with Crippen LogP contribution in [0.3, 0.4) is 0 Å². The van der Waals surface area contributed by atoms with E-state index in [0.717, 1.165) is 6.42 Å². The SMILES string of the molecule is CSCCc1cccc(CN)c1. The highest BCUT2D eigenvalue weighted by molar-refractivity contribution is 7.98. The summed E-state index contributed by atoms with van der Waals surface area (Å²) in [5, 5.41) is 0. The lowest BCUT2D eigenvalue weighted by Gasteiger charge is -2.01. The molecule has 0 aliphatic rings. The van der Waals surface area contributed by atoms with E-state index >= 15 is 0 Å². The van der Waals surface area contributed by atoms with Gasteiger partial charge in [0.25, 0.3) is 0 Å². The first-order valence-corrected chi connectivity index (χ1v) is 5.53. The van der Waals surface area contributed by atoms with Crippen molar-refractivity contribution >= 4 is 11.8 Å². The van der Waals surface area contributed by atoms with Gasteiger partial charge in [0.15, 0.2) is 0 Å². The summed E-state index contributed by atoms with van der Waals surface area (Å²) >= 11 is 1.88. The molecule has 0 heterocycles. The van der Waals surface area contributed by atoms with Crippen molar-refractivity contribution in [2.45, 2.75) is 13.0 Å². The van der Waals surface area contributed by atoms with Crippen molar-refractivity contribution in [3.05, 3.63) is 35.4 Å². The van der Waals surface area contributed by atoms with E-state index in [9.17, 15) is 0 Å². The molecule has 0 fully saturated rings. The molecule has 0 aliphatic carbocycles. The second-order valence-electron chi connectivity index (χ2n) is 2.77. The zero-order chi connectivity index (χ0) is 8.81. The molecule has 0 unspecified atom stereocenters. The van der Waals surface area contributed by atoms with Crippen LogP contribution in [0.5, 0.6) is 0 Å². The van der Waals surface area contributed by atoms with Gasteiger partial charge in [0.1, 0.15) is 0 Å². The Labute approximate surface area is 78.4 Å². The molecule has 1 aromatic carbocycles. The lowest BCUT2D eigenvalue weighted by Crippen LogP contribution is -1.97. The van der Waals surface area contributed by atoms with Crippen LogP contribution < -0.4 is 5.73 Å². The van der Waals surface area contributed by atoms with Crippen LogP contribution in [0.2, 0.25) is 0 Å². The number of hydrogen-bond acceptors (Lipinski definition) is 2. The Kier molecular flexibility index (Phi) is 4.19. The normalized spacial score (nSPS) is 10.2. The predicted molar refractivity (Wildman–Crippen MR) is 56.4 cm³/mol. The average Bonchev–Trinajstić information content (AvgIpc) is 2.15. The Balaban J connectivity index is 2.60. The van der Waals surface area contributed by atoms with Gasteiger partial charge in [-0.1, -0.05) is 24.3 Å². The molecule has 1 nitrogen and oxygen atoms in total. The number of hydrogen-bond donors (Lipinski definition) is 1. The quantitative estimate of drug-likeness (QED) is 0.769. The Bertz CT molecular complexity index is 235. The van der Waals surface area contributed by atoms with Crippen molar-refractivity contribution in [3.8, 4) is 0 Å². The molecule has 0 bridgehead atoms. The van der Waals surface area contributed by atoms with E-state index in [1.807, 2.05) is 11.8 Å². The highest BCUT2D eigenvalue weighted by atomic mass is 32.2. The van der Waals surface area contributed by atoms with Gasteiger partial charge in [0, 0.05) is 6.54 Å². The fourth-order valence-corrected chi connectivity index (χ4v) is 1.57. The molecule has 66 valence electrons.